The van der Waals surface area contributed by atoms with Crippen LogP contribution in [0.15, 0.2) is 15.7 Å². The van der Waals surface area contributed by atoms with Gasteiger partial charge in [-0.2, -0.15) is 11.8 Å². The van der Waals surface area contributed by atoms with Crippen LogP contribution in [0.4, 0.5) is 0 Å². The molecule has 8 heteroatoms. The summed E-state index contributed by atoms with van der Waals surface area (Å²) in [7, 11) is 3.09. The van der Waals surface area contributed by atoms with Crippen molar-refractivity contribution in [1.29, 1.82) is 0 Å². The molecule has 2 heterocycles. The van der Waals surface area contributed by atoms with E-state index in [4.69, 9.17) is 4.74 Å². The largest absolute Gasteiger partial charge is 0.465 e. The first kappa shape index (κ1) is 16.8. The molecule has 0 unspecified atom stereocenters. The Morgan fingerprint density at radius 1 is 1.36 bits per heavy atom. The maximum Gasteiger partial charge on any atom is 0.330 e. The van der Waals surface area contributed by atoms with Crippen molar-refractivity contribution < 1.29 is 9.53 Å². The zero-order valence-electron chi connectivity index (χ0n) is 13.1. The molecule has 0 radical (unpaired) electrons. The first-order chi connectivity index (χ1) is 10.5. The molecule has 0 spiro atoms. The fourth-order valence-electron chi connectivity index (χ4n) is 2.42. The molecule has 1 fully saturated rings. The van der Waals surface area contributed by atoms with Gasteiger partial charge in [-0.05, 0) is 6.92 Å². The number of nitrogens with zero attached hydrogens (tertiary/aromatic N) is 3. The van der Waals surface area contributed by atoms with Crippen LogP contribution in [-0.2, 0) is 30.2 Å². The van der Waals surface area contributed by atoms with Gasteiger partial charge < -0.3 is 4.74 Å². The van der Waals surface area contributed by atoms with Gasteiger partial charge in [0.25, 0.3) is 5.56 Å². The third-order valence-electron chi connectivity index (χ3n) is 3.79. The zero-order chi connectivity index (χ0) is 16.3. The molecule has 7 nitrogen and oxygen atoms in total. The van der Waals surface area contributed by atoms with E-state index < -0.39 is 0 Å². The maximum atomic E-state index is 12.1. The minimum atomic E-state index is -0.360. The molecule has 0 bridgehead atoms. The van der Waals surface area contributed by atoms with E-state index in [1.165, 1.54) is 17.7 Å². The molecule has 122 valence electrons. The van der Waals surface area contributed by atoms with E-state index in [9.17, 15) is 14.4 Å². The molecule has 1 aliphatic heterocycles. The van der Waals surface area contributed by atoms with Crippen LogP contribution < -0.4 is 11.2 Å². The number of esters is 1. The number of rotatable bonds is 4. The summed E-state index contributed by atoms with van der Waals surface area (Å²) < 4.78 is 7.64. The summed E-state index contributed by atoms with van der Waals surface area (Å²) in [4.78, 5) is 37.8. The summed E-state index contributed by atoms with van der Waals surface area (Å²) >= 11 is 1.71. The fourth-order valence-corrected chi connectivity index (χ4v) is 3.52. The zero-order valence-corrected chi connectivity index (χ0v) is 13.9. The van der Waals surface area contributed by atoms with E-state index in [1.54, 1.807) is 25.7 Å². The second-order valence-electron chi connectivity index (χ2n) is 5.19. The molecule has 1 aromatic rings. The predicted octanol–water partition coefficient (Wildman–Crippen LogP) is -0.435. The van der Waals surface area contributed by atoms with Crippen LogP contribution >= 0.6 is 11.8 Å². The van der Waals surface area contributed by atoms with E-state index in [2.05, 4.69) is 0 Å². The number of carbonyl (C=O) groups excluding carboxylic acids is 1. The van der Waals surface area contributed by atoms with Crippen molar-refractivity contribution in [1.82, 2.24) is 14.0 Å². The molecule has 1 aromatic heterocycles. The van der Waals surface area contributed by atoms with Gasteiger partial charge in [-0.25, -0.2) is 4.79 Å². The maximum absolute atomic E-state index is 12.1. The van der Waals surface area contributed by atoms with Crippen molar-refractivity contribution in [3.05, 3.63) is 32.6 Å². The first-order valence-corrected chi connectivity index (χ1v) is 8.35. The standard InChI is InChI=1S/C14H21N3O4S/c1-4-21-13(19)11-9-22-6-5-17(11)8-10-7-12(18)16(3)14(20)15(10)2/h7,11H,4-6,8-9H2,1-3H3/t11-/m0/s1. The summed E-state index contributed by atoms with van der Waals surface area (Å²) in [5, 5.41) is 0. The predicted molar refractivity (Wildman–Crippen MR) is 85.1 cm³/mol. The van der Waals surface area contributed by atoms with Gasteiger partial charge in [0.1, 0.15) is 6.04 Å². The van der Waals surface area contributed by atoms with Crippen molar-refractivity contribution in [2.24, 2.45) is 14.1 Å². The second-order valence-corrected chi connectivity index (χ2v) is 6.34. The topological polar surface area (TPSA) is 73.5 Å². The highest BCUT2D eigenvalue weighted by molar-refractivity contribution is 7.99. The van der Waals surface area contributed by atoms with Gasteiger partial charge in [-0.1, -0.05) is 0 Å². The first-order valence-electron chi connectivity index (χ1n) is 7.20. The normalized spacial score (nSPS) is 19.1. The van der Waals surface area contributed by atoms with Crippen LogP contribution in [0.2, 0.25) is 0 Å². The Morgan fingerprint density at radius 3 is 2.77 bits per heavy atom. The molecule has 1 saturated heterocycles. The highest BCUT2D eigenvalue weighted by atomic mass is 32.2. The lowest BCUT2D eigenvalue weighted by molar-refractivity contribution is -0.149. The summed E-state index contributed by atoms with van der Waals surface area (Å²) in [6.45, 7) is 3.23. The smallest absolute Gasteiger partial charge is 0.330 e. The molecule has 2 rings (SSSR count). The van der Waals surface area contributed by atoms with Crippen molar-refractivity contribution in [3.8, 4) is 0 Å². The molecule has 0 saturated carbocycles. The van der Waals surface area contributed by atoms with E-state index in [-0.39, 0.29) is 23.3 Å². The highest BCUT2D eigenvalue weighted by Crippen LogP contribution is 2.19. The number of thioether (sulfide) groups is 1. The van der Waals surface area contributed by atoms with Crippen molar-refractivity contribution in [2.75, 3.05) is 24.7 Å². The quantitative estimate of drug-likeness (QED) is 0.699. The van der Waals surface area contributed by atoms with Gasteiger partial charge >= 0.3 is 11.7 Å². The lowest BCUT2D eigenvalue weighted by atomic mass is 10.2. The van der Waals surface area contributed by atoms with E-state index in [0.717, 1.165) is 16.9 Å². The minimum absolute atomic E-state index is 0.247. The lowest BCUT2D eigenvalue weighted by Gasteiger charge is -2.33. The minimum Gasteiger partial charge on any atom is -0.465 e. The Hall–Kier alpha value is -1.54. The molecule has 0 aromatic carbocycles. The van der Waals surface area contributed by atoms with E-state index in [1.807, 2.05) is 4.90 Å². The summed E-state index contributed by atoms with van der Waals surface area (Å²) in [6, 6.07) is 1.11. The molecular formula is C14H21N3O4S. The number of carbonyl (C=O) groups is 1. The van der Waals surface area contributed by atoms with Crippen LogP contribution in [0, 0.1) is 0 Å². The Balaban J connectivity index is 2.26. The average molecular weight is 327 g/mol. The number of hydrogen-bond acceptors (Lipinski definition) is 6. The van der Waals surface area contributed by atoms with E-state index >= 15 is 0 Å². The summed E-state index contributed by atoms with van der Waals surface area (Å²) in [6.07, 6.45) is 0. The van der Waals surface area contributed by atoms with Crippen LogP contribution in [-0.4, -0.2) is 50.7 Å². The monoisotopic (exact) mass is 327 g/mol. The van der Waals surface area contributed by atoms with E-state index in [0.29, 0.717) is 24.6 Å². The van der Waals surface area contributed by atoms with Crippen LogP contribution in [0.5, 0.6) is 0 Å². The average Bonchev–Trinajstić information content (AvgIpc) is 2.51. The van der Waals surface area contributed by atoms with Crippen LogP contribution in [0.1, 0.15) is 12.6 Å². The third-order valence-corrected chi connectivity index (χ3v) is 4.81. The summed E-state index contributed by atoms with van der Waals surface area (Å²) in [5.74, 6) is 1.33. The molecule has 1 aliphatic rings. The highest BCUT2D eigenvalue weighted by Gasteiger charge is 2.30. The second kappa shape index (κ2) is 7.15. The van der Waals surface area contributed by atoms with Gasteiger partial charge in [0.05, 0.1) is 6.61 Å². The van der Waals surface area contributed by atoms with Crippen molar-refractivity contribution in [3.63, 3.8) is 0 Å². The van der Waals surface area contributed by atoms with Gasteiger partial charge in [-0.15, -0.1) is 0 Å². The molecule has 0 N–H and O–H groups in total. The third kappa shape index (κ3) is 3.44. The lowest BCUT2D eigenvalue weighted by Crippen LogP contribution is -2.48. The number of hydrogen-bond donors (Lipinski definition) is 0. The fraction of sp³-hybridized carbons (Fsp3) is 0.643. The molecule has 1 atom stereocenters. The number of ether oxygens (including phenoxy) is 1. The Bertz CT molecular complexity index is 667. The molecule has 0 amide bonds. The van der Waals surface area contributed by atoms with Gasteiger partial charge in [0.2, 0.25) is 0 Å². The van der Waals surface area contributed by atoms with Gasteiger partial charge in [0.15, 0.2) is 0 Å². The molecule has 22 heavy (non-hydrogen) atoms. The van der Waals surface area contributed by atoms with Gasteiger partial charge in [-0.3, -0.25) is 23.6 Å². The Kier molecular flexibility index (Phi) is 5.47. The Morgan fingerprint density at radius 2 is 2.09 bits per heavy atom. The number of aromatic nitrogens is 2. The Labute approximate surface area is 132 Å². The van der Waals surface area contributed by atoms with Crippen molar-refractivity contribution in [2.45, 2.75) is 19.5 Å². The van der Waals surface area contributed by atoms with Gasteiger partial charge in [0, 0.05) is 50.5 Å². The van der Waals surface area contributed by atoms with Crippen LogP contribution in [0.25, 0.3) is 0 Å². The molecular weight excluding hydrogens is 306 g/mol. The van der Waals surface area contributed by atoms with Crippen molar-refractivity contribution >= 4 is 17.7 Å². The van der Waals surface area contributed by atoms with Crippen LogP contribution in [0.3, 0.4) is 0 Å². The SMILES string of the molecule is CCOC(=O)[C@@H]1CSCCN1Cc1cc(=O)n(C)c(=O)n1C. The summed E-state index contributed by atoms with van der Waals surface area (Å²) in [5.41, 5.74) is -0.0898. The molecule has 0 aliphatic carbocycles.